The summed E-state index contributed by atoms with van der Waals surface area (Å²) in [6.45, 7) is 5.93. The number of rotatable bonds is 4. The van der Waals surface area contributed by atoms with Gasteiger partial charge in [0, 0.05) is 11.1 Å². The quantitative estimate of drug-likeness (QED) is 0.942. The summed E-state index contributed by atoms with van der Waals surface area (Å²) in [6.07, 6.45) is 1.39. The van der Waals surface area contributed by atoms with Crippen LogP contribution in [0.2, 0.25) is 5.02 Å². The molecule has 1 amide bonds. The van der Waals surface area contributed by atoms with Crippen molar-refractivity contribution >= 4 is 28.4 Å². The van der Waals surface area contributed by atoms with E-state index >= 15 is 0 Å². The molecule has 0 radical (unpaired) electrons. The smallest absolute Gasteiger partial charge is 0.261 e. The van der Waals surface area contributed by atoms with Crippen molar-refractivity contribution in [2.24, 2.45) is 5.92 Å². The fourth-order valence-corrected chi connectivity index (χ4v) is 2.04. The normalized spacial score (nSPS) is 12.6. The first kappa shape index (κ1) is 15.5. The lowest BCUT2D eigenvalue weighted by molar-refractivity contribution is -0.122. The van der Waals surface area contributed by atoms with E-state index in [1.54, 1.807) is 18.2 Å². The van der Waals surface area contributed by atoms with Crippen LogP contribution in [0.15, 0.2) is 29.3 Å². The first-order valence-electron chi connectivity index (χ1n) is 6.82. The van der Waals surface area contributed by atoms with Crippen LogP contribution in [0, 0.1) is 5.92 Å². The maximum Gasteiger partial charge on any atom is 0.261 e. The maximum atomic E-state index is 12.3. The molecule has 0 spiro atoms. The summed E-state index contributed by atoms with van der Waals surface area (Å²) in [5.41, 5.74) is 0.298. The molecule has 112 valence electrons. The highest BCUT2D eigenvalue weighted by molar-refractivity contribution is 6.31. The summed E-state index contributed by atoms with van der Waals surface area (Å²) >= 11 is 5.90. The van der Waals surface area contributed by atoms with Crippen molar-refractivity contribution in [2.45, 2.75) is 33.4 Å². The lowest BCUT2D eigenvalue weighted by Gasteiger charge is -2.17. The highest BCUT2D eigenvalue weighted by Gasteiger charge is 2.12. The summed E-state index contributed by atoms with van der Waals surface area (Å²) in [5, 5.41) is 3.74. The van der Waals surface area contributed by atoms with Crippen molar-refractivity contribution in [1.82, 2.24) is 14.9 Å². The molecule has 1 atom stereocenters. The summed E-state index contributed by atoms with van der Waals surface area (Å²) in [6, 6.07) is 4.98. The number of nitrogens with one attached hydrogen (secondary N) is 1. The molecule has 0 aliphatic heterocycles. The van der Waals surface area contributed by atoms with E-state index in [9.17, 15) is 9.59 Å². The van der Waals surface area contributed by atoms with Crippen molar-refractivity contribution in [2.75, 3.05) is 0 Å². The van der Waals surface area contributed by atoms with Gasteiger partial charge in [-0.2, -0.15) is 0 Å². The zero-order chi connectivity index (χ0) is 15.6. The fraction of sp³-hybridized carbons (Fsp3) is 0.400. The van der Waals surface area contributed by atoms with E-state index in [1.807, 2.05) is 20.8 Å². The summed E-state index contributed by atoms with van der Waals surface area (Å²) < 4.78 is 1.29. The van der Waals surface area contributed by atoms with Gasteiger partial charge in [0.2, 0.25) is 5.91 Å². The molecule has 21 heavy (non-hydrogen) atoms. The Morgan fingerprint density at radius 3 is 2.76 bits per heavy atom. The Labute approximate surface area is 127 Å². The zero-order valence-corrected chi connectivity index (χ0v) is 13.0. The first-order chi connectivity index (χ1) is 9.88. The number of benzene rings is 1. The van der Waals surface area contributed by atoms with Crippen LogP contribution in [-0.2, 0) is 11.3 Å². The predicted molar refractivity (Wildman–Crippen MR) is 83.5 cm³/mol. The molecule has 0 saturated carbocycles. The monoisotopic (exact) mass is 307 g/mol. The molecule has 1 N–H and O–H groups in total. The van der Waals surface area contributed by atoms with E-state index < -0.39 is 0 Å². The topological polar surface area (TPSA) is 64.0 Å². The van der Waals surface area contributed by atoms with Gasteiger partial charge in [-0.05, 0) is 31.0 Å². The third-order valence-corrected chi connectivity index (χ3v) is 3.72. The van der Waals surface area contributed by atoms with Crippen molar-refractivity contribution in [1.29, 1.82) is 0 Å². The number of carbonyl (C=O) groups excluding carboxylic acids is 1. The van der Waals surface area contributed by atoms with Gasteiger partial charge >= 0.3 is 0 Å². The number of aromatic nitrogens is 2. The first-order valence-corrected chi connectivity index (χ1v) is 7.20. The van der Waals surface area contributed by atoms with E-state index in [1.165, 1.54) is 10.9 Å². The van der Waals surface area contributed by atoms with Crippen molar-refractivity contribution in [3.8, 4) is 0 Å². The molecule has 0 aliphatic carbocycles. The Kier molecular flexibility index (Phi) is 4.63. The van der Waals surface area contributed by atoms with Gasteiger partial charge in [-0.3, -0.25) is 14.2 Å². The second kappa shape index (κ2) is 6.26. The van der Waals surface area contributed by atoms with Crippen LogP contribution in [0.25, 0.3) is 10.9 Å². The molecule has 1 aromatic heterocycles. The number of carbonyl (C=O) groups is 1. The average molecular weight is 308 g/mol. The number of amides is 1. The van der Waals surface area contributed by atoms with E-state index in [-0.39, 0.29) is 24.1 Å². The molecule has 1 aromatic carbocycles. The molecule has 6 heteroatoms. The number of fused-ring (bicyclic) bond motifs is 1. The van der Waals surface area contributed by atoms with Gasteiger partial charge in [0.25, 0.3) is 5.56 Å². The molecule has 2 aromatic rings. The number of hydrogen-bond donors (Lipinski definition) is 1. The minimum Gasteiger partial charge on any atom is -0.352 e. The van der Waals surface area contributed by atoms with Crippen LogP contribution in [0.1, 0.15) is 20.8 Å². The Hall–Kier alpha value is -1.88. The standard InChI is InChI=1S/C15H18ClN3O2/c1-9(2)10(3)18-14(20)7-19-8-17-13-5-4-11(16)6-12(13)15(19)21/h4-6,8-10H,7H2,1-3H3,(H,18,20). The minimum atomic E-state index is -0.269. The van der Waals surface area contributed by atoms with Crippen LogP contribution < -0.4 is 10.9 Å². The largest absolute Gasteiger partial charge is 0.352 e. The molecule has 1 unspecified atom stereocenters. The lowest BCUT2D eigenvalue weighted by Crippen LogP contribution is -2.39. The Morgan fingerprint density at radius 1 is 1.38 bits per heavy atom. The molecule has 0 bridgehead atoms. The minimum absolute atomic E-state index is 0.0503. The third kappa shape index (κ3) is 3.61. The molecule has 2 rings (SSSR count). The van der Waals surface area contributed by atoms with E-state index in [0.29, 0.717) is 21.8 Å². The molecular formula is C15H18ClN3O2. The van der Waals surface area contributed by atoms with Gasteiger partial charge in [-0.15, -0.1) is 0 Å². The highest BCUT2D eigenvalue weighted by atomic mass is 35.5. The lowest BCUT2D eigenvalue weighted by atomic mass is 10.1. The molecule has 1 heterocycles. The van der Waals surface area contributed by atoms with Crippen LogP contribution in [0.3, 0.4) is 0 Å². The van der Waals surface area contributed by atoms with Gasteiger partial charge < -0.3 is 5.32 Å². The zero-order valence-electron chi connectivity index (χ0n) is 12.3. The van der Waals surface area contributed by atoms with Crippen molar-refractivity contribution in [3.05, 3.63) is 39.9 Å². The van der Waals surface area contributed by atoms with Gasteiger partial charge in [0.15, 0.2) is 0 Å². The number of hydrogen-bond acceptors (Lipinski definition) is 3. The Balaban J connectivity index is 2.25. The highest BCUT2D eigenvalue weighted by Crippen LogP contribution is 2.13. The fourth-order valence-electron chi connectivity index (χ4n) is 1.86. The van der Waals surface area contributed by atoms with Gasteiger partial charge in [0.1, 0.15) is 6.54 Å². The van der Waals surface area contributed by atoms with E-state index in [2.05, 4.69) is 10.3 Å². The van der Waals surface area contributed by atoms with Crippen LogP contribution in [0.4, 0.5) is 0 Å². The summed E-state index contributed by atoms with van der Waals surface area (Å²) in [7, 11) is 0. The van der Waals surface area contributed by atoms with Crippen molar-refractivity contribution < 1.29 is 4.79 Å². The number of halogens is 1. The molecule has 0 fully saturated rings. The maximum absolute atomic E-state index is 12.3. The van der Waals surface area contributed by atoms with Gasteiger partial charge in [0.05, 0.1) is 17.2 Å². The van der Waals surface area contributed by atoms with Gasteiger partial charge in [-0.25, -0.2) is 4.98 Å². The predicted octanol–water partition coefficient (Wildman–Crippen LogP) is 2.21. The van der Waals surface area contributed by atoms with Crippen LogP contribution >= 0.6 is 11.6 Å². The SMILES string of the molecule is CC(C)C(C)NC(=O)Cn1cnc2ccc(Cl)cc2c1=O. The molecule has 0 saturated heterocycles. The summed E-state index contributed by atoms with van der Waals surface area (Å²) in [5.74, 6) is 0.126. The van der Waals surface area contributed by atoms with Gasteiger partial charge in [-0.1, -0.05) is 25.4 Å². The van der Waals surface area contributed by atoms with E-state index in [4.69, 9.17) is 11.6 Å². The van der Waals surface area contributed by atoms with Crippen molar-refractivity contribution in [3.63, 3.8) is 0 Å². The number of nitrogens with zero attached hydrogens (tertiary/aromatic N) is 2. The molecular weight excluding hydrogens is 290 g/mol. The third-order valence-electron chi connectivity index (χ3n) is 3.49. The molecule has 0 aliphatic rings. The van der Waals surface area contributed by atoms with Crippen LogP contribution in [0.5, 0.6) is 0 Å². The molecule has 5 nitrogen and oxygen atoms in total. The Bertz CT molecular complexity index is 724. The second-order valence-corrected chi connectivity index (χ2v) is 5.88. The Morgan fingerprint density at radius 2 is 2.10 bits per heavy atom. The van der Waals surface area contributed by atoms with Crippen LogP contribution in [-0.4, -0.2) is 21.5 Å². The van der Waals surface area contributed by atoms with E-state index in [0.717, 1.165) is 0 Å². The second-order valence-electron chi connectivity index (χ2n) is 5.44. The summed E-state index contributed by atoms with van der Waals surface area (Å²) in [4.78, 5) is 28.5. The average Bonchev–Trinajstić information content (AvgIpc) is 2.42.